The molecule has 0 unspecified atom stereocenters. The fourth-order valence-corrected chi connectivity index (χ4v) is 4.63. The number of halogens is 1. The van der Waals surface area contributed by atoms with Crippen molar-refractivity contribution in [1.82, 2.24) is 4.72 Å². The van der Waals surface area contributed by atoms with E-state index in [1.54, 1.807) is 12.1 Å². The lowest BCUT2D eigenvalue weighted by atomic mass is 9.80. The molecule has 0 saturated heterocycles. The van der Waals surface area contributed by atoms with Crippen molar-refractivity contribution < 1.29 is 13.5 Å². The van der Waals surface area contributed by atoms with Crippen LogP contribution >= 0.6 is 15.9 Å². The molecule has 118 valence electrons. The van der Waals surface area contributed by atoms with Gasteiger partial charge >= 0.3 is 0 Å². The molecule has 0 heterocycles. The Bertz CT molecular complexity index is 611. The van der Waals surface area contributed by atoms with Gasteiger partial charge in [-0.15, -0.1) is 0 Å². The minimum Gasteiger partial charge on any atom is -0.399 e. The second-order valence-corrected chi connectivity index (χ2v) is 8.51. The average molecular weight is 377 g/mol. The molecule has 7 heteroatoms. The smallest absolute Gasteiger partial charge is 0.241 e. The van der Waals surface area contributed by atoms with Gasteiger partial charge in [-0.05, 0) is 65.7 Å². The maximum absolute atomic E-state index is 12.3. The zero-order chi connectivity index (χ0) is 15.7. The van der Waals surface area contributed by atoms with Crippen LogP contribution in [0.2, 0.25) is 0 Å². The third kappa shape index (κ3) is 4.18. The lowest BCUT2D eigenvalue weighted by Gasteiger charge is -2.34. The van der Waals surface area contributed by atoms with Crippen molar-refractivity contribution in [2.45, 2.75) is 43.1 Å². The summed E-state index contributed by atoms with van der Waals surface area (Å²) in [6.45, 7) is 2.18. The number of aliphatic hydroxyl groups is 1. The van der Waals surface area contributed by atoms with Crippen LogP contribution in [0.3, 0.4) is 0 Å². The molecular formula is C14H21BrN2O3S. The van der Waals surface area contributed by atoms with Crippen LogP contribution in [0.1, 0.15) is 32.6 Å². The van der Waals surface area contributed by atoms with Gasteiger partial charge in [0.2, 0.25) is 10.0 Å². The van der Waals surface area contributed by atoms with Gasteiger partial charge < -0.3 is 10.8 Å². The third-order valence-corrected chi connectivity index (χ3v) is 6.44. The first-order valence-corrected chi connectivity index (χ1v) is 9.27. The van der Waals surface area contributed by atoms with Gasteiger partial charge in [0.25, 0.3) is 0 Å². The highest BCUT2D eigenvalue weighted by molar-refractivity contribution is 9.10. The van der Waals surface area contributed by atoms with E-state index in [-0.39, 0.29) is 11.4 Å². The van der Waals surface area contributed by atoms with Gasteiger partial charge in [-0.2, -0.15) is 0 Å². The highest BCUT2D eigenvalue weighted by Gasteiger charge is 2.33. The molecule has 1 aromatic rings. The summed E-state index contributed by atoms with van der Waals surface area (Å²) in [6.07, 6.45) is 3.07. The average Bonchev–Trinajstić information content (AvgIpc) is 2.43. The number of nitrogens with two attached hydrogens (primary N) is 1. The largest absolute Gasteiger partial charge is 0.399 e. The molecule has 1 aromatic carbocycles. The fraction of sp³-hybridized carbons (Fsp3) is 0.571. The Hall–Kier alpha value is -0.630. The molecule has 1 aliphatic rings. The molecule has 0 atom stereocenters. The fourth-order valence-electron chi connectivity index (χ4n) is 2.51. The molecule has 1 fully saturated rings. The molecule has 2 rings (SSSR count). The topological polar surface area (TPSA) is 92.4 Å². The predicted octanol–water partition coefficient (Wildman–Crippen LogP) is 2.25. The van der Waals surface area contributed by atoms with Gasteiger partial charge in [0.15, 0.2) is 0 Å². The highest BCUT2D eigenvalue weighted by atomic mass is 79.9. The van der Waals surface area contributed by atoms with Gasteiger partial charge in [0, 0.05) is 16.7 Å². The molecule has 0 aliphatic heterocycles. The zero-order valence-corrected chi connectivity index (χ0v) is 14.4. The molecule has 0 spiro atoms. The molecule has 1 aliphatic carbocycles. The number of nitrogens with one attached hydrogen (secondary N) is 1. The number of nitrogen functional groups attached to an aromatic ring is 1. The van der Waals surface area contributed by atoms with Gasteiger partial charge in [0.1, 0.15) is 0 Å². The van der Waals surface area contributed by atoms with Crippen molar-refractivity contribution in [2.24, 2.45) is 5.92 Å². The van der Waals surface area contributed by atoms with Gasteiger partial charge in [-0.3, -0.25) is 0 Å². The van der Waals surface area contributed by atoms with Crippen LogP contribution in [-0.4, -0.2) is 25.7 Å². The van der Waals surface area contributed by atoms with Crippen molar-refractivity contribution in [3.05, 3.63) is 22.7 Å². The third-order valence-electron chi connectivity index (χ3n) is 4.04. The summed E-state index contributed by atoms with van der Waals surface area (Å²) in [6, 6.07) is 4.62. The maximum atomic E-state index is 12.3. The van der Waals surface area contributed by atoms with E-state index in [9.17, 15) is 13.5 Å². The van der Waals surface area contributed by atoms with Crippen molar-refractivity contribution in [3.63, 3.8) is 0 Å². The summed E-state index contributed by atoms with van der Waals surface area (Å²) in [5.74, 6) is 0.588. The van der Waals surface area contributed by atoms with E-state index in [0.29, 0.717) is 28.9 Å². The molecule has 21 heavy (non-hydrogen) atoms. The first-order valence-electron chi connectivity index (χ1n) is 6.99. The number of sulfonamides is 1. The van der Waals surface area contributed by atoms with E-state index >= 15 is 0 Å². The van der Waals surface area contributed by atoms with Gasteiger partial charge in [-0.25, -0.2) is 13.1 Å². The van der Waals surface area contributed by atoms with Gasteiger partial charge in [0.05, 0.1) is 10.5 Å². The second kappa shape index (κ2) is 6.24. The Morgan fingerprint density at radius 2 is 2.05 bits per heavy atom. The van der Waals surface area contributed by atoms with E-state index in [1.165, 1.54) is 6.07 Å². The van der Waals surface area contributed by atoms with Crippen molar-refractivity contribution in [1.29, 1.82) is 0 Å². The Balaban J connectivity index is 2.09. The Labute approximate surface area is 134 Å². The van der Waals surface area contributed by atoms with Crippen LogP contribution in [0.4, 0.5) is 5.69 Å². The Morgan fingerprint density at radius 1 is 1.43 bits per heavy atom. The number of anilines is 1. The molecular weight excluding hydrogens is 356 g/mol. The zero-order valence-electron chi connectivity index (χ0n) is 12.0. The first kappa shape index (κ1) is 16.7. The van der Waals surface area contributed by atoms with E-state index in [2.05, 4.69) is 27.6 Å². The second-order valence-electron chi connectivity index (χ2n) is 5.92. The lowest BCUT2D eigenvalue weighted by molar-refractivity contribution is -0.00182. The van der Waals surface area contributed by atoms with E-state index in [4.69, 9.17) is 5.73 Å². The first-order chi connectivity index (χ1) is 9.72. The van der Waals surface area contributed by atoms with E-state index in [1.807, 2.05) is 0 Å². The van der Waals surface area contributed by atoms with E-state index in [0.717, 1.165) is 12.8 Å². The maximum Gasteiger partial charge on any atom is 0.241 e. The molecule has 0 aromatic heterocycles. The summed E-state index contributed by atoms with van der Waals surface area (Å²) < 4.78 is 27.7. The minimum absolute atomic E-state index is 0.0310. The summed E-state index contributed by atoms with van der Waals surface area (Å²) in [4.78, 5) is 0.0928. The molecule has 0 bridgehead atoms. The molecule has 0 amide bonds. The van der Waals surface area contributed by atoms with Crippen molar-refractivity contribution in [3.8, 4) is 0 Å². The normalized spacial score (nSPS) is 26.7. The van der Waals surface area contributed by atoms with Crippen molar-refractivity contribution in [2.75, 3.05) is 12.3 Å². The molecule has 0 radical (unpaired) electrons. The number of hydrogen-bond donors (Lipinski definition) is 3. The van der Waals surface area contributed by atoms with Gasteiger partial charge in [-0.1, -0.05) is 6.92 Å². The predicted molar refractivity (Wildman–Crippen MR) is 86.3 cm³/mol. The van der Waals surface area contributed by atoms with Crippen LogP contribution in [0.25, 0.3) is 0 Å². The molecule has 4 N–H and O–H groups in total. The molecule has 5 nitrogen and oxygen atoms in total. The number of benzene rings is 1. The number of rotatable bonds is 4. The van der Waals surface area contributed by atoms with Crippen LogP contribution in [0, 0.1) is 5.92 Å². The van der Waals surface area contributed by atoms with Crippen LogP contribution in [0.15, 0.2) is 27.6 Å². The highest BCUT2D eigenvalue weighted by Crippen LogP contribution is 2.32. The quantitative estimate of drug-likeness (QED) is 0.702. The summed E-state index contributed by atoms with van der Waals surface area (Å²) in [5, 5.41) is 10.5. The van der Waals surface area contributed by atoms with E-state index < -0.39 is 15.6 Å². The molecule has 1 saturated carbocycles. The monoisotopic (exact) mass is 376 g/mol. The standard InChI is InChI=1S/C14H21BrN2O3S/c1-10-4-6-14(18,7-5-10)9-17-21(19,20)13-8-11(16)2-3-12(13)15/h2-3,8,10,17-18H,4-7,9,16H2,1H3. The summed E-state index contributed by atoms with van der Waals surface area (Å²) in [5.41, 5.74) is 5.07. The van der Waals surface area contributed by atoms with Crippen LogP contribution in [0.5, 0.6) is 0 Å². The summed E-state index contributed by atoms with van der Waals surface area (Å²) in [7, 11) is -3.70. The number of hydrogen-bond acceptors (Lipinski definition) is 4. The Kier molecular flexibility index (Phi) is 4.97. The van der Waals surface area contributed by atoms with Crippen LogP contribution < -0.4 is 10.5 Å². The van der Waals surface area contributed by atoms with Crippen LogP contribution in [-0.2, 0) is 10.0 Å². The summed E-state index contributed by atoms with van der Waals surface area (Å²) >= 11 is 3.22. The Morgan fingerprint density at radius 3 is 2.67 bits per heavy atom. The minimum atomic E-state index is -3.70. The van der Waals surface area contributed by atoms with Crippen molar-refractivity contribution >= 4 is 31.6 Å². The SMILES string of the molecule is CC1CCC(O)(CNS(=O)(=O)c2cc(N)ccc2Br)CC1. The lowest BCUT2D eigenvalue weighted by Crippen LogP contribution is -2.45.